The minimum atomic E-state index is -0.747. The first kappa shape index (κ1) is 28.7. The van der Waals surface area contributed by atoms with Gasteiger partial charge < -0.3 is 15.5 Å². The van der Waals surface area contributed by atoms with Gasteiger partial charge in [0.05, 0.1) is 12.2 Å². The molecule has 1 heterocycles. The van der Waals surface area contributed by atoms with E-state index in [-0.39, 0.29) is 24.6 Å². The zero-order chi connectivity index (χ0) is 28.1. The summed E-state index contributed by atoms with van der Waals surface area (Å²) in [6.45, 7) is 5.57. The van der Waals surface area contributed by atoms with Gasteiger partial charge in [-0.25, -0.2) is 0 Å². The number of aryl methyl sites for hydroxylation is 2. The van der Waals surface area contributed by atoms with Gasteiger partial charge in [-0.05, 0) is 50.4 Å². The first-order valence-electron chi connectivity index (χ1n) is 14.2. The van der Waals surface area contributed by atoms with Crippen molar-refractivity contribution in [2.75, 3.05) is 6.61 Å². The molecule has 2 unspecified atom stereocenters. The molecule has 0 radical (unpaired) electrons. The summed E-state index contributed by atoms with van der Waals surface area (Å²) in [5, 5.41) is 23.9. The molecule has 2 atom stereocenters. The number of hydrogen-bond acceptors (Lipinski definition) is 5. The molecule has 7 nitrogen and oxygen atoms in total. The van der Waals surface area contributed by atoms with Crippen LogP contribution in [0.1, 0.15) is 94.6 Å². The summed E-state index contributed by atoms with van der Waals surface area (Å²) in [7, 11) is 0. The number of Topliss-reactive ketones (excluding diaryl/α,β-unsaturated/α-hetero) is 2. The van der Waals surface area contributed by atoms with Crippen molar-refractivity contribution in [2.24, 2.45) is 11.8 Å². The van der Waals surface area contributed by atoms with E-state index >= 15 is 0 Å². The Hall–Kier alpha value is -1.85. The predicted octanol–water partition coefficient (Wildman–Crippen LogP) is 2.79. The third-order valence-electron chi connectivity index (χ3n) is 9.40. The van der Waals surface area contributed by atoms with Crippen molar-refractivity contribution in [1.29, 1.82) is 0 Å². The van der Waals surface area contributed by atoms with E-state index in [1.807, 2.05) is 0 Å². The summed E-state index contributed by atoms with van der Waals surface area (Å²) < 4.78 is 3.04. The van der Waals surface area contributed by atoms with Gasteiger partial charge in [0.25, 0.3) is 5.91 Å². The number of nitrogens with zero attached hydrogens (tertiary/aromatic N) is 1. The number of rotatable bonds is 10. The van der Waals surface area contributed by atoms with Crippen LogP contribution in [0.4, 0.5) is 0 Å². The van der Waals surface area contributed by atoms with Crippen LogP contribution in [0.5, 0.6) is 0 Å². The molecule has 4 fully saturated rings. The molecule has 8 heteroatoms. The number of ketones is 2. The Bertz CT molecular complexity index is 1310. The van der Waals surface area contributed by atoms with Gasteiger partial charge in [-0.1, -0.05) is 0 Å². The quantitative estimate of drug-likeness (QED) is 0.199. The number of hydrogen-bond donors (Lipinski definition) is 3. The summed E-state index contributed by atoms with van der Waals surface area (Å²) >= 11 is 0.803. The average Bonchev–Trinajstić information content (AvgIpc) is 3.08. The molecule has 6 rings (SSSR count). The Kier molecular flexibility index (Phi) is 7.98. The summed E-state index contributed by atoms with van der Waals surface area (Å²) in [5.74, 6) is -0.645. The molecule has 1 aromatic carbocycles. The Morgan fingerprint density at radius 2 is 1.79 bits per heavy atom. The van der Waals surface area contributed by atoms with Crippen molar-refractivity contribution >= 4 is 46.4 Å². The topological polar surface area (TPSA) is 109 Å². The number of aliphatic hydroxyl groups is 2. The van der Waals surface area contributed by atoms with Crippen LogP contribution in [0, 0.1) is 32.6 Å². The van der Waals surface area contributed by atoms with Crippen LogP contribution in [0.2, 0.25) is 0 Å². The van der Waals surface area contributed by atoms with Crippen LogP contribution in [-0.2, 0) is 17.8 Å². The first-order chi connectivity index (χ1) is 18.4. The van der Waals surface area contributed by atoms with Crippen LogP contribution in [0.3, 0.4) is 0 Å². The number of nitrogens with one attached hydrogen (secondary N) is 1. The van der Waals surface area contributed by atoms with Crippen molar-refractivity contribution in [3.63, 3.8) is 0 Å². The number of carbonyl (C=O) groups is 3. The number of aliphatic hydroxyl groups excluding tert-OH is 1. The molecule has 0 spiro atoms. The molecule has 4 aliphatic carbocycles. The molecular weight excluding hydrogens is 685 g/mol. The van der Waals surface area contributed by atoms with Gasteiger partial charge in [-0.15, -0.1) is 0 Å². The van der Waals surface area contributed by atoms with Gasteiger partial charge in [0.1, 0.15) is 0 Å². The maximum atomic E-state index is 13.6. The molecule has 39 heavy (non-hydrogen) atoms. The van der Waals surface area contributed by atoms with E-state index in [0.29, 0.717) is 47.9 Å². The molecule has 206 valence electrons. The second kappa shape index (κ2) is 10.9. The van der Waals surface area contributed by atoms with Crippen molar-refractivity contribution < 1.29 is 24.6 Å². The zero-order valence-electron chi connectivity index (χ0n) is 23.3. The van der Waals surface area contributed by atoms with Crippen LogP contribution in [0.25, 0.3) is 0 Å². The normalized spacial score (nSPS) is 27.1. The van der Waals surface area contributed by atoms with E-state index in [9.17, 15) is 24.6 Å². The Morgan fingerprint density at radius 3 is 2.41 bits per heavy atom. The van der Waals surface area contributed by atoms with Crippen molar-refractivity contribution in [1.82, 2.24) is 9.88 Å². The van der Waals surface area contributed by atoms with Gasteiger partial charge in [0, 0.05) is 5.54 Å². The van der Waals surface area contributed by atoms with E-state index in [1.165, 1.54) is 14.2 Å². The molecule has 0 saturated heterocycles. The second-order valence-electron chi connectivity index (χ2n) is 12.5. The van der Waals surface area contributed by atoms with Crippen molar-refractivity contribution in [3.8, 4) is 0 Å². The number of aromatic nitrogens is 1. The van der Waals surface area contributed by atoms with Gasteiger partial charge >= 0.3 is 148 Å². The van der Waals surface area contributed by atoms with Gasteiger partial charge in [-0.3, -0.25) is 9.59 Å². The Morgan fingerprint density at radius 1 is 1.10 bits per heavy atom. The molecule has 1 amide bonds. The van der Waals surface area contributed by atoms with E-state index in [0.717, 1.165) is 64.3 Å². The predicted molar refractivity (Wildman–Crippen MR) is 150 cm³/mol. The molecule has 0 aliphatic heterocycles. The van der Waals surface area contributed by atoms with E-state index < -0.39 is 22.8 Å². The summed E-state index contributed by atoms with van der Waals surface area (Å²) in [5.41, 5.74) is 3.03. The summed E-state index contributed by atoms with van der Waals surface area (Å²) in [6, 6.07) is 6.51. The fourth-order valence-electron chi connectivity index (χ4n) is 8.22. The Labute approximate surface area is 246 Å². The fourth-order valence-corrected chi connectivity index (χ4v) is 8.91. The molecule has 4 bridgehead atoms. The van der Waals surface area contributed by atoms with Gasteiger partial charge in [-0.2, -0.15) is 0 Å². The third-order valence-corrected chi connectivity index (χ3v) is 11.9. The van der Waals surface area contributed by atoms with Crippen molar-refractivity contribution in [2.45, 2.75) is 96.2 Å². The molecule has 1 aromatic heterocycles. The zero-order valence-corrected chi connectivity index (χ0v) is 27.8. The molecule has 3 N–H and O–H groups in total. The van der Waals surface area contributed by atoms with Crippen LogP contribution < -0.4 is 8.44 Å². The SMILES string of the molecule is Cc1cc(CCCC(=O)c2c(C)c(C(=O)C(=O)NC34CC5CC(CC(O)(C5)C3)C4)n(CCO)c2C)cc[c]1[Tl]. The second-order valence-corrected chi connectivity index (χ2v) is 14.9. The summed E-state index contributed by atoms with van der Waals surface area (Å²) in [4.78, 5) is 40.4. The van der Waals surface area contributed by atoms with Crippen LogP contribution in [-0.4, -0.2) is 75.8 Å². The minimum absolute atomic E-state index is 0.0443. The van der Waals surface area contributed by atoms with E-state index in [2.05, 4.69) is 30.4 Å². The van der Waals surface area contributed by atoms with Crippen LogP contribution >= 0.6 is 0 Å². The first-order valence-corrected chi connectivity index (χ1v) is 16.5. The molecular formula is C31H39N2O5Tl. The Balaban J connectivity index is 1.33. The van der Waals surface area contributed by atoms with E-state index in [1.54, 1.807) is 18.4 Å². The molecule has 4 aliphatic rings. The van der Waals surface area contributed by atoms with E-state index in [4.69, 9.17) is 0 Å². The maximum absolute atomic E-state index is 13.6. The molecule has 2 aromatic rings. The third kappa shape index (κ3) is 5.55. The average molecular weight is 724 g/mol. The van der Waals surface area contributed by atoms with Crippen LogP contribution in [0.15, 0.2) is 18.2 Å². The number of carbonyl (C=O) groups excluding carboxylic acids is 3. The fraction of sp³-hybridized carbons (Fsp3) is 0.581. The molecule has 4 saturated carbocycles. The summed E-state index contributed by atoms with van der Waals surface area (Å²) in [6.07, 6.45) is 6.59. The standard InChI is InChI=1S/C31H39N2O5.Tl/c1-19-6-4-7-22(12-19)8-5-9-25(35)26-20(2)27(33(10-11-34)21(26)3)28(36)29(37)32-30-14-23-13-24(15-30)17-31(38,16-23)18-30;/h4,7,12,23-24,34,38H,5,8-11,13-18H2,1-3H3,(H,32,37);. The van der Waals surface area contributed by atoms with Crippen molar-refractivity contribution in [3.05, 3.63) is 51.8 Å². The number of benzene rings is 1. The van der Waals surface area contributed by atoms with Gasteiger partial charge in [0.15, 0.2) is 0 Å². The monoisotopic (exact) mass is 724 g/mol. The number of amides is 1. The van der Waals surface area contributed by atoms with Gasteiger partial charge in [0.2, 0.25) is 0 Å².